The Labute approximate surface area is 308 Å². The second-order valence-electron chi connectivity index (χ2n) is 13.8. The Morgan fingerprint density at radius 2 is 1.69 bits per heavy atom. The van der Waals surface area contributed by atoms with Crippen molar-refractivity contribution in [1.82, 2.24) is 15.2 Å². The van der Waals surface area contributed by atoms with Gasteiger partial charge in [-0.2, -0.15) is 0 Å². The summed E-state index contributed by atoms with van der Waals surface area (Å²) in [5, 5.41) is 46.2. The molecule has 5 rings (SSSR count). The number of β-lactam (4-membered cyclic amide) rings is 1. The molecule has 17 heteroatoms. The number of hydrogen-bond donors (Lipinski definition) is 6. The van der Waals surface area contributed by atoms with Crippen LogP contribution in [0.1, 0.15) is 49.1 Å². The smallest absolute Gasteiger partial charge is 0.352 e. The van der Waals surface area contributed by atoms with Gasteiger partial charge < -0.3 is 40.8 Å². The van der Waals surface area contributed by atoms with Crippen molar-refractivity contribution in [1.29, 1.82) is 0 Å². The molecule has 2 aliphatic heterocycles. The van der Waals surface area contributed by atoms with Gasteiger partial charge in [-0.05, 0) is 62.4 Å². The van der Waals surface area contributed by atoms with Crippen molar-refractivity contribution in [3.05, 3.63) is 81.5 Å². The number of fused-ring (bicyclic) bond motifs is 1. The van der Waals surface area contributed by atoms with Gasteiger partial charge >= 0.3 is 11.9 Å². The number of carbonyl (C=O) groups excluding carboxylic acids is 2. The van der Waals surface area contributed by atoms with E-state index in [4.69, 9.17) is 10.6 Å². The SMILES string of the molecule is CC(C)(O/N=C(\C(=O)N[C@@H]1C(=O)N2C(C(=O)O)=C(CCCc3ccc(C[N+](C)(C)Cc4ccc(O)c(O)c4)cc3)CS[C@H]12)c1csc(N)n1)C(=O)O. The second-order valence-corrected chi connectivity index (χ2v) is 15.8. The van der Waals surface area contributed by atoms with Crippen molar-refractivity contribution in [2.24, 2.45) is 5.16 Å². The van der Waals surface area contributed by atoms with Crippen LogP contribution >= 0.6 is 23.1 Å². The largest absolute Gasteiger partial charge is 0.504 e. The molecule has 2 amide bonds. The minimum atomic E-state index is -1.77. The molecule has 0 radical (unpaired) electrons. The van der Waals surface area contributed by atoms with Crippen LogP contribution in [0.4, 0.5) is 5.13 Å². The number of carboxylic acids is 2. The average Bonchev–Trinajstić information content (AvgIpc) is 3.50. The van der Waals surface area contributed by atoms with E-state index in [0.717, 1.165) is 34.6 Å². The molecule has 15 nitrogen and oxygen atoms in total. The Hall–Kier alpha value is -5.13. The van der Waals surface area contributed by atoms with Gasteiger partial charge in [0.2, 0.25) is 5.60 Å². The number of rotatable bonds is 15. The number of oxime groups is 1. The molecule has 1 saturated heterocycles. The lowest BCUT2D eigenvalue weighted by Gasteiger charge is -2.49. The monoisotopic (exact) mass is 753 g/mol. The molecule has 0 unspecified atom stereocenters. The molecule has 2 aromatic carbocycles. The van der Waals surface area contributed by atoms with E-state index in [2.05, 4.69) is 53.8 Å². The zero-order valence-corrected chi connectivity index (χ0v) is 30.7. The van der Waals surface area contributed by atoms with Crippen LogP contribution in [-0.2, 0) is 43.5 Å². The first-order valence-electron chi connectivity index (χ1n) is 16.3. The lowest BCUT2D eigenvalue weighted by molar-refractivity contribution is -0.916. The summed E-state index contributed by atoms with van der Waals surface area (Å²) in [6.45, 7) is 3.90. The molecule has 0 spiro atoms. The summed E-state index contributed by atoms with van der Waals surface area (Å²) >= 11 is 2.37. The van der Waals surface area contributed by atoms with Crippen LogP contribution < -0.4 is 11.1 Å². The Morgan fingerprint density at radius 1 is 1.04 bits per heavy atom. The van der Waals surface area contributed by atoms with Crippen molar-refractivity contribution in [3.63, 3.8) is 0 Å². The molecule has 52 heavy (non-hydrogen) atoms. The summed E-state index contributed by atoms with van der Waals surface area (Å²) in [4.78, 5) is 60.9. The quantitative estimate of drug-likeness (QED) is 0.0433. The lowest BCUT2D eigenvalue weighted by atomic mass is 9.98. The summed E-state index contributed by atoms with van der Waals surface area (Å²) in [6.07, 6.45) is 1.83. The van der Waals surface area contributed by atoms with Gasteiger partial charge in [0.05, 0.1) is 14.1 Å². The van der Waals surface area contributed by atoms with E-state index in [-0.39, 0.29) is 33.7 Å². The number of carbonyl (C=O) groups is 4. The van der Waals surface area contributed by atoms with E-state index in [1.54, 1.807) is 12.1 Å². The van der Waals surface area contributed by atoms with Gasteiger partial charge in [0, 0.05) is 22.3 Å². The van der Waals surface area contributed by atoms with Crippen LogP contribution in [0.2, 0.25) is 0 Å². The number of quaternary nitrogens is 1. The maximum atomic E-state index is 13.3. The average molecular weight is 754 g/mol. The standard InChI is InChI=1S/C35H40N6O9S2/c1-35(2,33(48)49)50-39-26(23-18-52-34(36)37-23)29(44)38-27-30(45)40-28(32(46)47)22(17-51-31(27)40)7-5-6-19-8-10-20(11-9-19)15-41(3,4)16-21-12-13-24(42)25(43)14-21/h8-14,18,27,31H,5-7,15-17H2,1-4H3,(H6-,36,37,38,39,42,43,44,46,47,48,49)/p+1/t27-,31-/m1/s1. The van der Waals surface area contributed by atoms with Crippen LogP contribution in [0.25, 0.3) is 0 Å². The molecule has 2 atom stereocenters. The van der Waals surface area contributed by atoms with Crippen molar-refractivity contribution in [2.75, 3.05) is 25.6 Å². The van der Waals surface area contributed by atoms with E-state index in [9.17, 15) is 39.6 Å². The molecular formula is C35H41N6O9S2+. The van der Waals surface area contributed by atoms with Crippen LogP contribution in [0.15, 0.2) is 64.3 Å². The number of nitrogens with zero attached hydrogens (tertiary/aromatic N) is 4. The molecule has 1 fully saturated rings. The fourth-order valence-corrected chi connectivity index (χ4v) is 7.85. The number of carboxylic acid groups (broad SMARTS) is 2. The van der Waals surface area contributed by atoms with Gasteiger partial charge in [-0.1, -0.05) is 29.4 Å². The van der Waals surface area contributed by atoms with E-state index in [0.29, 0.717) is 41.6 Å². The molecule has 7 N–H and O–H groups in total. The number of hydrogen-bond acceptors (Lipinski definition) is 12. The highest BCUT2D eigenvalue weighted by Crippen LogP contribution is 2.41. The minimum Gasteiger partial charge on any atom is -0.504 e. The first kappa shape index (κ1) is 38.1. The highest BCUT2D eigenvalue weighted by Gasteiger charge is 2.54. The van der Waals surface area contributed by atoms with Gasteiger partial charge in [-0.15, -0.1) is 23.1 Å². The Bertz CT molecular complexity index is 1940. The molecule has 0 aliphatic carbocycles. The number of thioether (sulfide) groups is 1. The van der Waals surface area contributed by atoms with E-state index in [1.165, 1.54) is 42.0 Å². The zero-order chi connectivity index (χ0) is 38.0. The molecule has 1 aromatic heterocycles. The second kappa shape index (κ2) is 15.2. The fourth-order valence-electron chi connectivity index (χ4n) is 5.91. The Morgan fingerprint density at radius 3 is 2.31 bits per heavy atom. The van der Waals surface area contributed by atoms with Gasteiger partial charge in [0.25, 0.3) is 11.8 Å². The third kappa shape index (κ3) is 8.66. The Balaban J connectivity index is 1.19. The number of aryl methyl sites for hydroxylation is 1. The van der Waals surface area contributed by atoms with E-state index in [1.807, 2.05) is 0 Å². The first-order chi connectivity index (χ1) is 24.5. The van der Waals surface area contributed by atoms with Crippen LogP contribution in [-0.4, -0.2) is 101 Å². The zero-order valence-electron chi connectivity index (χ0n) is 29.0. The summed E-state index contributed by atoms with van der Waals surface area (Å²) in [5.41, 5.74) is 7.28. The van der Waals surface area contributed by atoms with Gasteiger partial charge in [-0.3, -0.25) is 14.5 Å². The molecule has 2 aliphatic rings. The van der Waals surface area contributed by atoms with Gasteiger partial charge in [0.1, 0.15) is 35.9 Å². The number of benzene rings is 2. The molecule has 3 heterocycles. The normalized spacial score (nSPS) is 17.7. The predicted octanol–water partition coefficient (Wildman–Crippen LogP) is 3.26. The lowest BCUT2D eigenvalue weighted by Crippen LogP contribution is -2.71. The maximum Gasteiger partial charge on any atom is 0.352 e. The number of aromatic hydroxyl groups is 2. The third-order valence-corrected chi connectivity index (χ3v) is 10.6. The predicted molar refractivity (Wildman–Crippen MR) is 194 cm³/mol. The summed E-state index contributed by atoms with van der Waals surface area (Å²) in [7, 11) is 4.17. The van der Waals surface area contributed by atoms with Crippen molar-refractivity contribution in [3.8, 4) is 11.5 Å². The summed E-state index contributed by atoms with van der Waals surface area (Å²) in [6, 6.07) is 12.0. The number of nitrogen functional groups attached to an aromatic ring is 1. The number of thiazole rings is 1. The number of phenols is 2. The molecular weight excluding hydrogens is 713 g/mol. The first-order valence-corrected chi connectivity index (χ1v) is 18.2. The topological polar surface area (TPSA) is 225 Å². The number of amides is 2. The summed E-state index contributed by atoms with van der Waals surface area (Å²) in [5.74, 6) is -3.94. The van der Waals surface area contributed by atoms with Crippen LogP contribution in [0.5, 0.6) is 11.5 Å². The number of nitrogens with one attached hydrogen (secondary N) is 1. The van der Waals surface area contributed by atoms with E-state index < -0.39 is 40.8 Å². The molecule has 3 aromatic rings. The Kier molecular flexibility index (Phi) is 11.2. The molecule has 276 valence electrons. The maximum absolute atomic E-state index is 13.3. The number of aromatic nitrogens is 1. The number of phenolic OH excluding ortho intramolecular Hbond substituents is 2. The van der Waals surface area contributed by atoms with Crippen LogP contribution in [0, 0.1) is 0 Å². The van der Waals surface area contributed by atoms with Crippen molar-refractivity contribution in [2.45, 2.75) is 63.2 Å². The fraction of sp³-hybridized carbons (Fsp3) is 0.371. The van der Waals surface area contributed by atoms with Crippen molar-refractivity contribution >= 4 is 57.7 Å². The van der Waals surface area contributed by atoms with Gasteiger partial charge in [0.15, 0.2) is 22.3 Å². The highest BCUT2D eigenvalue weighted by molar-refractivity contribution is 8.00. The third-order valence-electron chi connectivity index (χ3n) is 8.62. The number of nitrogens with two attached hydrogens (primary N) is 1. The van der Waals surface area contributed by atoms with Gasteiger partial charge in [-0.25, -0.2) is 14.6 Å². The summed E-state index contributed by atoms with van der Waals surface area (Å²) < 4.78 is 0.628. The highest BCUT2D eigenvalue weighted by atomic mass is 32.2. The molecule has 0 saturated carbocycles. The van der Waals surface area contributed by atoms with Crippen LogP contribution in [0.3, 0.4) is 0 Å². The minimum absolute atomic E-state index is 0.0275. The number of anilines is 1. The van der Waals surface area contributed by atoms with Crippen molar-refractivity contribution < 1.29 is 48.9 Å². The number of aliphatic carboxylic acids is 2. The molecule has 0 bridgehead atoms. The van der Waals surface area contributed by atoms with E-state index >= 15 is 0 Å².